The van der Waals surface area contributed by atoms with Crippen molar-refractivity contribution in [3.63, 3.8) is 0 Å². The molecule has 0 radical (unpaired) electrons. The summed E-state index contributed by atoms with van der Waals surface area (Å²) in [6.07, 6.45) is 5.09. The zero-order chi connectivity index (χ0) is 22.0. The van der Waals surface area contributed by atoms with Gasteiger partial charge in [-0.25, -0.2) is 8.42 Å². The van der Waals surface area contributed by atoms with Crippen molar-refractivity contribution in [1.82, 2.24) is 15.1 Å². The number of hydrogen-bond donors (Lipinski definition) is 2. The summed E-state index contributed by atoms with van der Waals surface area (Å²) < 4.78 is 29.8. The highest BCUT2D eigenvalue weighted by Crippen LogP contribution is 2.12. The smallest absolute Gasteiger partial charge is 0.246 e. The Hall–Kier alpha value is -2.43. The van der Waals surface area contributed by atoms with E-state index in [1.165, 1.54) is 6.08 Å². The third-order valence-electron chi connectivity index (χ3n) is 4.53. The molecule has 2 N–H and O–H groups in total. The quantitative estimate of drug-likeness (QED) is 0.404. The molecule has 1 aromatic carbocycles. The van der Waals surface area contributed by atoms with Gasteiger partial charge in [0.2, 0.25) is 21.8 Å². The van der Waals surface area contributed by atoms with E-state index in [0.717, 1.165) is 18.2 Å². The van der Waals surface area contributed by atoms with Gasteiger partial charge in [0.05, 0.1) is 12.8 Å². The maximum atomic E-state index is 12.4. The molecule has 0 aliphatic carbocycles. The molecule has 1 saturated heterocycles. The molecule has 1 aliphatic rings. The molecular weight excluding hydrogens is 408 g/mol. The van der Waals surface area contributed by atoms with Gasteiger partial charge in [-0.15, -0.1) is 0 Å². The molecule has 2 rings (SSSR count). The Morgan fingerprint density at radius 3 is 2.40 bits per heavy atom. The van der Waals surface area contributed by atoms with Crippen LogP contribution in [0.2, 0.25) is 0 Å². The van der Waals surface area contributed by atoms with E-state index in [1.807, 2.05) is 4.90 Å². The summed E-state index contributed by atoms with van der Waals surface area (Å²) in [6, 6.07) is 6.76. The van der Waals surface area contributed by atoms with E-state index >= 15 is 0 Å². The normalized spacial score (nSPS) is 15.3. The Morgan fingerprint density at radius 2 is 1.80 bits per heavy atom. The molecule has 0 spiro atoms. The lowest BCUT2D eigenvalue weighted by atomic mass is 10.2. The van der Waals surface area contributed by atoms with Crippen LogP contribution in [0.3, 0.4) is 0 Å². The lowest BCUT2D eigenvalue weighted by molar-refractivity contribution is -0.128. The van der Waals surface area contributed by atoms with E-state index in [-0.39, 0.29) is 11.8 Å². The van der Waals surface area contributed by atoms with Crippen LogP contribution >= 0.6 is 0 Å². The van der Waals surface area contributed by atoms with E-state index < -0.39 is 10.0 Å². The molecule has 0 saturated carbocycles. The van der Waals surface area contributed by atoms with Crippen molar-refractivity contribution in [2.75, 3.05) is 64.0 Å². The minimum absolute atomic E-state index is 0.0143. The van der Waals surface area contributed by atoms with E-state index in [1.54, 1.807) is 42.4 Å². The van der Waals surface area contributed by atoms with E-state index in [2.05, 4.69) is 10.0 Å². The van der Waals surface area contributed by atoms with Crippen molar-refractivity contribution in [2.24, 2.45) is 0 Å². The number of piperazine rings is 1. The fourth-order valence-electron chi connectivity index (χ4n) is 2.98. The molecular formula is C20H30N4O5S. The number of sulfonamides is 1. The highest BCUT2D eigenvalue weighted by Gasteiger charge is 2.21. The van der Waals surface area contributed by atoms with E-state index in [0.29, 0.717) is 51.6 Å². The highest BCUT2D eigenvalue weighted by atomic mass is 32.2. The molecule has 1 fully saturated rings. The van der Waals surface area contributed by atoms with E-state index in [9.17, 15) is 18.0 Å². The number of anilines is 1. The maximum absolute atomic E-state index is 12.4. The summed E-state index contributed by atoms with van der Waals surface area (Å²) in [5, 5.41) is 2.86. The zero-order valence-electron chi connectivity index (χ0n) is 17.5. The van der Waals surface area contributed by atoms with Crippen molar-refractivity contribution in [3.8, 4) is 0 Å². The lowest BCUT2D eigenvalue weighted by Gasteiger charge is -2.33. The number of benzene rings is 1. The van der Waals surface area contributed by atoms with Gasteiger partial charge in [-0.2, -0.15) is 0 Å². The van der Waals surface area contributed by atoms with Crippen LogP contribution in [0.15, 0.2) is 30.3 Å². The average Bonchev–Trinajstić information content (AvgIpc) is 2.70. The molecule has 2 amide bonds. The van der Waals surface area contributed by atoms with Crippen molar-refractivity contribution in [2.45, 2.75) is 6.42 Å². The maximum Gasteiger partial charge on any atom is 0.246 e. The summed E-state index contributed by atoms with van der Waals surface area (Å²) in [6.45, 7) is 3.98. The van der Waals surface area contributed by atoms with Crippen molar-refractivity contribution < 1.29 is 22.7 Å². The summed E-state index contributed by atoms with van der Waals surface area (Å²) >= 11 is 0. The molecule has 1 aromatic rings. The number of rotatable bonds is 10. The summed E-state index contributed by atoms with van der Waals surface area (Å²) in [7, 11) is -1.68. The summed E-state index contributed by atoms with van der Waals surface area (Å²) in [5.41, 5.74) is 1.27. The SMILES string of the molecule is COCCCNC(=O)CN1CCN(C(=O)/C=C/c2ccc(NS(C)(=O)=O)cc2)CC1. The van der Waals surface area contributed by atoms with Crippen LogP contribution in [0, 0.1) is 0 Å². The number of carbonyl (C=O) groups is 2. The molecule has 10 heteroatoms. The zero-order valence-corrected chi connectivity index (χ0v) is 18.3. The number of hydrogen-bond acceptors (Lipinski definition) is 6. The van der Waals surface area contributed by atoms with Gasteiger partial charge >= 0.3 is 0 Å². The molecule has 166 valence electrons. The van der Waals surface area contributed by atoms with Gasteiger partial charge < -0.3 is 15.0 Å². The van der Waals surface area contributed by atoms with Crippen LogP contribution in [0.5, 0.6) is 0 Å². The number of ether oxygens (including phenoxy) is 1. The van der Waals surface area contributed by atoms with Gasteiger partial charge in [-0.1, -0.05) is 12.1 Å². The largest absolute Gasteiger partial charge is 0.385 e. The topological polar surface area (TPSA) is 108 Å². The average molecular weight is 439 g/mol. The Kier molecular flexibility index (Phi) is 9.28. The second-order valence-corrected chi connectivity index (χ2v) is 8.88. The van der Waals surface area contributed by atoms with Crippen molar-refractivity contribution >= 4 is 33.6 Å². The predicted molar refractivity (Wildman–Crippen MR) is 116 cm³/mol. The van der Waals surface area contributed by atoms with Crippen LogP contribution in [0.25, 0.3) is 6.08 Å². The fourth-order valence-corrected chi connectivity index (χ4v) is 3.54. The first kappa shape index (κ1) is 23.8. The molecule has 0 atom stereocenters. The third kappa shape index (κ3) is 8.93. The van der Waals surface area contributed by atoms with Gasteiger partial charge in [0.25, 0.3) is 0 Å². The second-order valence-electron chi connectivity index (χ2n) is 7.13. The molecule has 0 bridgehead atoms. The van der Waals surface area contributed by atoms with Gasteiger partial charge in [-0.05, 0) is 30.2 Å². The molecule has 1 aliphatic heterocycles. The fraction of sp³-hybridized carbons (Fsp3) is 0.500. The Morgan fingerprint density at radius 1 is 1.13 bits per heavy atom. The van der Waals surface area contributed by atoms with Crippen LogP contribution in [0.1, 0.15) is 12.0 Å². The van der Waals surface area contributed by atoms with Gasteiger partial charge in [-0.3, -0.25) is 19.2 Å². The lowest BCUT2D eigenvalue weighted by Crippen LogP contribution is -2.50. The molecule has 30 heavy (non-hydrogen) atoms. The van der Waals surface area contributed by atoms with Crippen molar-refractivity contribution in [3.05, 3.63) is 35.9 Å². The molecule has 9 nitrogen and oxygen atoms in total. The minimum atomic E-state index is -3.31. The highest BCUT2D eigenvalue weighted by molar-refractivity contribution is 7.92. The number of nitrogens with zero attached hydrogens (tertiary/aromatic N) is 2. The first-order valence-corrected chi connectivity index (χ1v) is 11.7. The van der Waals surface area contributed by atoms with Crippen LogP contribution in [-0.2, 0) is 24.3 Å². The first-order valence-electron chi connectivity index (χ1n) is 9.79. The molecule has 1 heterocycles. The predicted octanol–water partition coefficient (Wildman–Crippen LogP) is 0.368. The summed E-state index contributed by atoms with van der Waals surface area (Å²) in [5.74, 6) is -0.100. The first-order chi connectivity index (χ1) is 14.3. The van der Waals surface area contributed by atoms with Gasteiger partial charge in [0, 0.05) is 58.2 Å². The third-order valence-corrected chi connectivity index (χ3v) is 5.14. The van der Waals surface area contributed by atoms with Gasteiger partial charge in [0.1, 0.15) is 0 Å². The number of nitrogens with one attached hydrogen (secondary N) is 2. The number of amides is 2. The number of carbonyl (C=O) groups excluding carboxylic acids is 2. The van der Waals surface area contributed by atoms with Crippen LogP contribution < -0.4 is 10.0 Å². The van der Waals surface area contributed by atoms with Crippen LogP contribution in [-0.4, -0.2) is 89.3 Å². The Labute approximate surface area is 178 Å². The second kappa shape index (κ2) is 11.7. The van der Waals surface area contributed by atoms with Crippen molar-refractivity contribution in [1.29, 1.82) is 0 Å². The Bertz CT molecular complexity index is 831. The van der Waals surface area contributed by atoms with E-state index in [4.69, 9.17) is 4.74 Å². The molecule has 0 unspecified atom stereocenters. The molecule has 0 aromatic heterocycles. The monoisotopic (exact) mass is 438 g/mol. The minimum Gasteiger partial charge on any atom is -0.385 e. The number of methoxy groups -OCH3 is 1. The van der Waals surface area contributed by atoms with Gasteiger partial charge in [0.15, 0.2) is 0 Å². The summed E-state index contributed by atoms with van der Waals surface area (Å²) in [4.78, 5) is 28.1. The Balaban J connectivity index is 1.74. The standard InChI is InChI=1S/C20H30N4O5S/c1-29-15-3-10-21-19(25)16-23-11-13-24(14-12-23)20(26)9-6-17-4-7-18(8-5-17)22-30(2,27)28/h4-9,22H,3,10-16H2,1-2H3,(H,21,25)/b9-6+. The van der Waals surface area contributed by atoms with Crippen LogP contribution in [0.4, 0.5) is 5.69 Å².